The van der Waals surface area contributed by atoms with Crippen LogP contribution in [-0.2, 0) is 72.0 Å². The lowest BCUT2D eigenvalue weighted by Gasteiger charge is -2.38. The number of aromatic nitrogens is 3. The van der Waals surface area contributed by atoms with E-state index in [0.717, 1.165) is 9.80 Å². The summed E-state index contributed by atoms with van der Waals surface area (Å²) in [6.07, 6.45) is -21.9. The number of rotatable bonds is 37. The van der Waals surface area contributed by atoms with E-state index in [1.54, 1.807) is 0 Å². The SMILES string of the molecule is C=C1C[C@H]2[C@H](O)N(C(=O)OCc3ccc(O[C@@H]4O[C@H](C(=O)O)[C@@H](O)[C@H](O)[C@H]4O)cc3)c3cc(OCCCCCOc4cc5c(cc4OC)C(=O)N4CC(=C)C[C@H]4[C@H](O)N5C(=O)OCc4ccc(O[C@@H]5O[C@H](C(=O)O)[C@@H](O)[C@H](O)[C@H]5O)c(-n5cc(CNC(=O)CCOCCOCCOCCOCCN)nn5)c4)c(OC)cc3C(=O)N2C1. The lowest BCUT2D eigenvalue weighted by Crippen LogP contribution is -2.61. The summed E-state index contributed by atoms with van der Waals surface area (Å²) in [7, 11) is 2.71. The van der Waals surface area contributed by atoms with Crippen LogP contribution in [0.5, 0.6) is 34.5 Å². The van der Waals surface area contributed by atoms with Crippen LogP contribution in [0.1, 0.15) is 76.1 Å². The summed E-state index contributed by atoms with van der Waals surface area (Å²) in [6.45, 7) is 10.2. The molecule has 6 aliphatic heterocycles. The van der Waals surface area contributed by atoms with Gasteiger partial charge in [0.2, 0.25) is 18.5 Å². The first-order valence-corrected chi connectivity index (χ1v) is 36.8. The van der Waals surface area contributed by atoms with E-state index in [1.807, 2.05) is 0 Å². The molecule has 13 N–H and O–H groups in total. The van der Waals surface area contributed by atoms with Gasteiger partial charge in [-0.2, -0.15) is 0 Å². The van der Waals surface area contributed by atoms with Gasteiger partial charge < -0.3 is 138 Å². The predicted molar refractivity (Wildman–Crippen MR) is 392 cm³/mol. The van der Waals surface area contributed by atoms with Crippen molar-refractivity contribution in [3.63, 3.8) is 0 Å². The number of nitrogens with zero attached hydrogens (tertiary/aromatic N) is 7. The van der Waals surface area contributed by atoms with Gasteiger partial charge in [-0.1, -0.05) is 47.7 Å². The number of anilines is 2. The van der Waals surface area contributed by atoms with Crippen LogP contribution < -0.4 is 49.3 Å². The molecule has 0 bridgehead atoms. The Hall–Kier alpha value is -10.4. The van der Waals surface area contributed by atoms with Crippen LogP contribution >= 0.6 is 0 Å². The van der Waals surface area contributed by atoms with Crippen molar-refractivity contribution >= 4 is 53.2 Å². The molecule has 6 aliphatic rings. The lowest BCUT2D eigenvalue weighted by molar-refractivity contribution is -0.271. The zero-order valence-corrected chi connectivity index (χ0v) is 62.7. The second-order valence-corrected chi connectivity index (χ2v) is 27.5. The number of aliphatic carboxylic acids is 2. The lowest BCUT2D eigenvalue weighted by atomic mass is 9.99. The summed E-state index contributed by atoms with van der Waals surface area (Å²) in [5.74, 6) is -4.47. The second kappa shape index (κ2) is 39.3. The number of hydrogen-bond donors (Lipinski definition) is 12. The Labute approximate surface area is 657 Å². The predicted octanol–water partition coefficient (Wildman–Crippen LogP) is -0.0222. The van der Waals surface area contributed by atoms with Gasteiger partial charge in [0.25, 0.3) is 11.8 Å². The summed E-state index contributed by atoms with van der Waals surface area (Å²) in [6, 6.07) is 13.5. The third kappa shape index (κ3) is 20.3. The average molecular weight is 1620 g/mol. The minimum absolute atomic E-state index is 0.0128. The third-order valence-corrected chi connectivity index (χ3v) is 19.5. The number of unbranched alkanes of at least 4 members (excludes halogenated alkanes) is 2. The Morgan fingerprint density at radius 3 is 1.50 bits per heavy atom. The van der Waals surface area contributed by atoms with Crippen molar-refractivity contribution in [1.82, 2.24) is 30.1 Å². The zero-order valence-electron chi connectivity index (χ0n) is 62.7. The molecule has 5 amide bonds. The summed E-state index contributed by atoms with van der Waals surface area (Å²) in [5, 5.41) is 117. The Bertz CT molecular complexity index is 4290. The van der Waals surface area contributed by atoms with Gasteiger partial charge in [0.1, 0.15) is 72.7 Å². The number of carbonyl (C=O) groups is 7. The first-order valence-electron chi connectivity index (χ1n) is 36.8. The van der Waals surface area contributed by atoms with Gasteiger partial charge >= 0.3 is 24.1 Å². The number of hydrogen-bond acceptors (Lipinski definition) is 32. The highest BCUT2D eigenvalue weighted by atomic mass is 16.7. The Balaban J connectivity index is 0.735. The van der Waals surface area contributed by atoms with Crippen LogP contribution in [-0.4, -0.2) is 304 Å². The fourth-order valence-corrected chi connectivity index (χ4v) is 13.5. The molecular formula is C75H93N9O31. The first kappa shape index (κ1) is 85.5. The van der Waals surface area contributed by atoms with Crippen molar-refractivity contribution in [2.75, 3.05) is 110 Å². The van der Waals surface area contributed by atoms with Crippen molar-refractivity contribution < 1.29 is 151 Å². The largest absolute Gasteiger partial charge is 0.493 e. The number of carbonyl (C=O) groups excluding carboxylic acids is 5. The van der Waals surface area contributed by atoms with Crippen LogP contribution in [0.4, 0.5) is 21.0 Å². The number of nitrogens with two attached hydrogens (primary N) is 1. The van der Waals surface area contributed by atoms with Crippen molar-refractivity contribution in [3.8, 4) is 40.2 Å². The molecule has 4 aromatic carbocycles. The monoisotopic (exact) mass is 1620 g/mol. The normalized spacial score (nSPS) is 24.4. The molecule has 14 atom stereocenters. The number of carboxylic acid groups (broad SMARTS) is 2. The third-order valence-electron chi connectivity index (χ3n) is 19.5. The molecule has 40 heteroatoms. The molecule has 0 aliphatic carbocycles. The first-order chi connectivity index (χ1) is 55.3. The molecule has 1 aromatic heterocycles. The fourth-order valence-electron chi connectivity index (χ4n) is 13.5. The molecule has 115 heavy (non-hydrogen) atoms. The number of carboxylic acids is 2. The number of aliphatic hydroxyl groups is 8. The van der Waals surface area contributed by atoms with E-state index in [-0.39, 0.29) is 158 Å². The van der Waals surface area contributed by atoms with E-state index < -0.39 is 128 Å². The van der Waals surface area contributed by atoms with Crippen LogP contribution in [0, 0.1) is 0 Å². The smallest absolute Gasteiger partial charge is 0.416 e. The number of aliphatic hydroxyl groups excluding tert-OH is 8. The summed E-state index contributed by atoms with van der Waals surface area (Å²) < 4.78 is 80.7. The molecule has 7 heterocycles. The standard InChI is InChI=1S/C75H93N9O31/c1-39-26-50-68(94)83(74(100)110-37-41-8-11-44(12-9-41)112-72-62(90)58(86)60(88)64(114-72)70(96)97)47-31-55(53(102-3)29-45(47)66(92)80(50)34-39)108-16-6-5-7-17-109-56-32-48-46(30-54(56)103-4)67(93)81-35-40(2)27-51(81)69(95)84(48)75(101)111-38-42-10-13-52(113-73-63(91)59(87)61(89)65(115-73)71(98)99)49(28-42)82-36-43(78-79-82)33-77-57(85)14-18-104-20-22-106-24-25-107-23-21-105-19-15-76/h8-13,28-32,36,50-51,58-65,68-69,72-73,86-91,94-95H,1-2,5-7,14-27,33-35,37-38,76H2,3-4H3,(H,77,85)(H,96,97)(H,98,99)/t50-,51-,58-,59-,60-,61-,62+,63+,64-,65-,68-,69-,72+,73+/m0/s1. The minimum Gasteiger partial charge on any atom is -0.493 e. The maximum Gasteiger partial charge on any atom is 0.416 e. The van der Waals surface area contributed by atoms with E-state index >= 15 is 0 Å². The second-order valence-electron chi connectivity index (χ2n) is 27.5. The highest BCUT2D eigenvalue weighted by molar-refractivity contribution is 6.07. The molecule has 4 fully saturated rings. The summed E-state index contributed by atoms with van der Waals surface area (Å²) in [4.78, 5) is 99.1. The van der Waals surface area contributed by atoms with Gasteiger partial charge in [0.05, 0.1) is 128 Å². The molecule has 0 spiro atoms. The maximum absolute atomic E-state index is 14.8. The molecule has 0 unspecified atom stereocenters. The van der Waals surface area contributed by atoms with E-state index in [0.29, 0.717) is 75.6 Å². The van der Waals surface area contributed by atoms with Gasteiger partial charge in [-0.3, -0.25) is 14.4 Å². The van der Waals surface area contributed by atoms with Gasteiger partial charge in [0.15, 0.2) is 47.7 Å². The molecule has 4 saturated heterocycles. The van der Waals surface area contributed by atoms with Crippen molar-refractivity contribution in [3.05, 3.63) is 125 Å². The molecule has 0 radical (unpaired) electrons. The fraction of sp³-hybridized carbons (Fsp3) is 0.507. The van der Waals surface area contributed by atoms with Gasteiger partial charge in [-0.05, 0) is 79.6 Å². The Morgan fingerprint density at radius 1 is 0.539 bits per heavy atom. The highest BCUT2D eigenvalue weighted by Crippen LogP contribution is 2.45. The van der Waals surface area contributed by atoms with E-state index in [9.17, 15) is 84.6 Å². The van der Waals surface area contributed by atoms with Gasteiger partial charge in [-0.15, -0.1) is 5.10 Å². The number of benzene rings is 4. The molecule has 5 aromatic rings. The van der Waals surface area contributed by atoms with Crippen molar-refractivity contribution in [2.24, 2.45) is 5.73 Å². The number of amides is 5. The minimum atomic E-state index is -2.04. The Morgan fingerprint density at radius 2 is 1.01 bits per heavy atom. The number of ether oxygens (including phenoxy) is 14. The molecule has 624 valence electrons. The van der Waals surface area contributed by atoms with E-state index in [2.05, 4.69) is 28.8 Å². The quantitative estimate of drug-likeness (QED) is 0.0184. The van der Waals surface area contributed by atoms with Crippen molar-refractivity contribution in [1.29, 1.82) is 0 Å². The molecular weight excluding hydrogens is 1520 g/mol. The van der Waals surface area contributed by atoms with Crippen LogP contribution in [0.3, 0.4) is 0 Å². The molecule has 11 rings (SSSR count). The molecule has 0 saturated carbocycles. The maximum atomic E-state index is 14.8. The van der Waals surface area contributed by atoms with Gasteiger partial charge in [0, 0.05) is 38.2 Å². The zero-order chi connectivity index (χ0) is 82.3. The topological polar surface area (TPSA) is 533 Å². The van der Waals surface area contributed by atoms with Crippen LogP contribution in [0.25, 0.3) is 5.69 Å². The number of nitrogens with one attached hydrogen (secondary N) is 1. The van der Waals surface area contributed by atoms with Crippen molar-refractivity contribution in [2.45, 2.75) is 144 Å². The summed E-state index contributed by atoms with van der Waals surface area (Å²) >= 11 is 0. The Kier molecular flexibility index (Phi) is 29.2. The van der Waals surface area contributed by atoms with Crippen LogP contribution in [0.2, 0.25) is 0 Å². The van der Waals surface area contributed by atoms with Crippen LogP contribution in [0.15, 0.2) is 97.2 Å². The number of fused-ring (bicyclic) bond motifs is 4. The van der Waals surface area contributed by atoms with E-state index in [1.165, 1.54) is 102 Å². The highest BCUT2D eigenvalue weighted by Gasteiger charge is 2.52. The summed E-state index contributed by atoms with van der Waals surface area (Å²) in [5.41, 5.74) is 7.25. The molecule has 40 nitrogen and oxygen atoms in total. The average Bonchev–Trinajstić information content (AvgIpc) is 1.61. The van der Waals surface area contributed by atoms with Gasteiger partial charge in [-0.25, -0.2) is 33.7 Å². The van der Waals surface area contributed by atoms with E-state index in [4.69, 9.17) is 72.0 Å². The number of methoxy groups -OCH3 is 2.